The predicted molar refractivity (Wildman–Crippen MR) is 104 cm³/mol. The van der Waals surface area contributed by atoms with Crippen molar-refractivity contribution >= 4 is 23.8 Å². The molecule has 0 saturated heterocycles. The van der Waals surface area contributed by atoms with Crippen molar-refractivity contribution in [2.75, 3.05) is 27.4 Å². The minimum Gasteiger partial charge on any atom is -0.497 e. The average Bonchev–Trinajstić information content (AvgIpc) is 2.70. The molecule has 0 aliphatic rings. The van der Waals surface area contributed by atoms with Crippen LogP contribution < -0.4 is 14.2 Å². The third-order valence-electron chi connectivity index (χ3n) is 3.67. The molecule has 2 aromatic carbocycles. The monoisotopic (exact) mass is 387 g/mol. The van der Waals surface area contributed by atoms with Gasteiger partial charge in [0.15, 0.2) is 12.4 Å². The molecule has 2 aromatic rings. The summed E-state index contributed by atoms with van der Waals surface area (Å²) in [4.78, 5) is 22.1. The largest absolute Gasteiger partial charge is 0.497 e. The third-order valence-corrected chi connectivity index (χ3v) is 3.67. The molecule has 8 heteroatoms. The Morgan fingerprint density at radius 2 is 1.75 bits per heavy atom. The van der Waals surface area contributed by atoms with Gasteiger partial charge >= 0.3 is 11.7 Å². The van der Waals surface area contributed by atoms with Gasteiger partial charge in [0.1, 0.15) is 11.5 Å². The Morgan fingerprint density at radius 3 is 2.39 bits per heavy atom. The summed E-state index contributed by atoms with van der Waals surface area (Å²) in [5.74, 6) is 0.709. The molecular weight excluding hydrogens is 366 g/mol. The number of rotatable bonds is 9. The van der Waals surface area contributed by atoms with Gasteiger partial charge in [-0.25, -0.2) is 4.79 Å². The minimum atomic E-state index is -0.497. The second-order valence-electron chi connectivity index (χ2n) is 5.56. The summed E-state index contributed by atoms with van der Waals surface area (Å²) in [5.41, 5.74) is 1.25. The van der Waals surface area contributed by atoms with Crippen molar-refractivity contribution in [3.05, 3.63) is 57.6 Å². The van der Waals surface area contributed by atoms with E-state index in [0.29, 0.717) is 17.1 Å². The van der Waals surface area contributed by atoms with Crippen LogP contribution in [0.15, 0.2) is 36.4 Å². The van der Waals surface area contributed by atoms with Crippen molar-refractivity contribution in [3.8, 4) is 17.2 Å². The molecule has 0 fully saturated rings. The molecule has 0 aliphatic heterocycles. The third kappa shape index (κ3) is 5.73. The van der Waals surface area contributed by atoms with Crippen LogP contribution in [0.3, 0.4) is 0 Å². The second kappa shape index (κ2) is 9.96. The summed E-state index contributed by atoms with van der Waals surface area (Å²) in [6.07, 6.45) is 3.47. The van der Waals surface area contributed by atoms with E-state index in [1.165, 1.54) is 26.4 Å². The molecule has 0 aliphatic carbocycles. The number of ether oxygens (including phenoxy) is 4. The molecule has 0 heterocycles. The Kier molecular flexibility index (Phi) is 7.38. The SMILES string of the molecule is CCOC(=O)COc1cc(C=Cc2ccc(OC)c([N+](=O)[O-])c2)cc(OC)c1. The summed E-state index contributed by atoms with van der Waals surface area (Å²) in [6.45, 7) is 1.78. The lowest BCUT2D eigenvalue weighted by Crippen LogP contribution is -2.14. The Labute approximate surface area is 162 Å². The number of benzene rings is 2. The van der Waals surface area contributed by atoms with Crippen LogP contribution in [-0.4, -0.2) is 38.3 Å². The van der Waals surface area contributed by atoms with Gasteiger partial charge < -0.3 is 18.9 Å². The number of nitro groups is 1. The van der Waals surface area contributed by atoms with E-state index in [4.69, 9.17) is 18.9 Å². The van der Waals surface area contributed by atoms with E-state index in [-0.39, 0.29) is 24.7 Å². The van der Waals surface area contributed by atoms with Gasteiger partial charge in [-0.3, -0.25) is 10.1 Å². The number of methoxy groups -OCH3 is 2. The van der Waals surface area contributed by atoms with Crippen LogP contribution in [0.5, 0.6) is 17.2 Å². The molecular formula is C20H21NO7. The Morgan fingerprint density at radius 1 is 1.04 bits per heavy atom. The number of hydrogen-bond acceptors (Lipinski definition) is 7. The van der Waals surface area contributed by atoms with E-state index >= 15 is 0 Å². The fourth-order valence-electron chi connectivity index (χ4n) is 2.38. The molecule has 28 heavy (non-hydrogen) atoms. The maximum Gasteiger partial charge on any atom is 0.344 e. The lowest BCUT2D eigenvalue weighted by atomic mass is 10.1. The van der Waals surface area contributed by atoms with E-state index in [9.17, 15) is 14.9 Å². The smallest absolute Gasteiger partial charge is 0.344 e. The highest BCUT2D eigenvalue weighted by molar-refractivity contribution is 5.73. The Balaban J connectivity index is 2.22. The van der Waals surface area contributed by atoms with E-state index < -0.39 is 10.9 Å². The van der Waals surface area contributed by atoms with Crippen molar-refractivity contribution in [3.63, 3.8) is 0 Å². The fourth-order valence-corrected chi connectivity index (χ4v) is 2.38. The molecule has 0 saturated carbocycles. The zero-order valence-electron chi connectivity index (χ0n) is 15.8. The highest BCUT2D eigenvalue weighted by atomic mass is 16.6. The summed E-state index contributed by atoms with van der Waals surface area (Å²) >= 11 is 0. The van der Waals surface area contributed by atoms with E-state index in [2.05, 4.69) is 0 Å². The summed E-state index contributed by atoms with van der Waals surface area (Å²) in [5, 5.41) is 11.1. The van der Waals surface area contributed by atoms with Gasteiger partial charge in [0, 0.05) is 12.1 Å². The number of nitrogens with zero attached hydrogens (tertiary/aromatic N) is 1. The van der Waals surface area contributed by atoms with Crippen LogP contribution in [0.4, 0.5) is 5.69 Å². The summed E-state index contributed by atoms with van der Waals surface area (Å²) in [7, 11) is 2.90. The molecule has 148 valence electrons. The zero-order valence-corrected chi connectivity index (χ0v) is 15.8. The Hall–Kier alpha value is -3.55. The molecule has 0 spiro atoms. The van der Waals surface area contributed by atoms with E-state index in [0.717, 1.165) is 5.56 Å². The number of hydrogen-bond donors (Lipinski definition) is 0. The zero-order chi connectivity index (χ0) is 20.5. The van der Waals surface area contributed by atoms with Crippen LogP contribution >= 0.6 is 0 Å². The van der Waals surface area contributed by atoms with Gasteiger partial charge in [0.2, 0.25) is 0 Å². The lowest BCUT2D eigenvalue weighted by Gasteiger charge is -2.09. The normalized spacial score (nSPS) is 10.5. The van der Waals surface area contributed by atoms with Crippen molar-refractivity contribution < 1.29 is 28.7 Å². The van der Waals surface area contributed by atoms with Gasteiger partial charge in [-0.15, -0.1) is 0 Å². The first-order chi connectivity index (χ1) is 13.5. The first-order valence-corrected chi connectivity index (χ1v) is 8.44. The van der Waals surface area contributed by atoms with E-state index in [1.807, 2.05) is 0 Å². The topological polar surface area (TPSA) is 97.1 Å². The van der Waals surface area contributed by atoms with Crippen LogP contribution in [0.25, 0.3) is 12.2 Å². The highest BCUT2D eigenvalue weighted by Gasteiger charge is 2.14. The van der Waals surface area contributed by atoms with Gasteiger partial charge in [-0.2, -0.15) is 0 Å². The van der Waals surface area contributed by atoms with Crippen LogP contribution in [-0.2, 0) is 9.53 Å². The summed E-state index contributed by atoms with van der Waals surface area (Å²) < 4.78 is 20.5. The van der Waals surface area contributed by atoms with Crippen LogP contribution in [0, 0.1) is 10.1 Å². The van der Waals surface area contributed by atoms with Gasteiger partial charge in [-0.05, 0) is 36.2 Å². The van der Waals surface area contributed by atoms with Crippen molar-refractivity contribution in [1.29, 1.82) is 0 Å². The quantitative estimate of drug-likeness (QED) is 0.280. The maximum atomic E-state index is 11.4. The fraction of sp³-hybridized carbons (Fsp3) is 0.250. The number of esters is 1. The molecule has 0 radical (unpaired) electrons. The first-order valence-electron chi connectivity index (χ1n) is 8.44. The average molecular weight is 387 g/mol. The molecule has 0 N–H and O–H groups in total. The van der Waals surface area contributed by atoms with Gasteiger partial charge in [0.25, 0.3) is 0 Å². The molecule has 8 nitrogen and oxygen atoms in total. The van der Waals surface area contributed by atoms with Crippen molar-refractivity contribution in [1.82, 2.24) is 0 Å². The van der Waals surface area contributed by atoms with Crippen LogP contribution in [0.1, 0.15) is 18.1 Å². The molecule has 0 bridgehead atoms. The van der Waals surface area contributed by atoms with Gasteiger partial charge in [-0.1, -0.05) is 18.2 Å². The maximum absolute atomic E-state index is 11.4. The number of carbonyl (C=O) groups excluding carboxylic acids is 1. The van der Waals surface area contributed by atoms with E-state index in [1.54, 1.807) is 43.3 Å². The molecule has 0 amide bonds. The minimum absolute atomic E-state index is 0.117. The lowest BCUT2D eigenvalue weighted by molar-refractivity contribution is -0.385. The molecule has 0 atom stereocenters. The Bertz CT molecular complexity index is 877. The molecule has 0 aromatic heterocycles. The number of nitro benzene ring substituents is 1. The number of carbonyl (C=O) groups is 1. The van der Waals surface area contributed by atoms with Crippen molar-refractivity contribution in [2.24, 2.45) is 0 Å². The first kappa shape index (κ1) is 20.8. The highest BCUT2D eigenvalue weighted by Crippen LogP contribution is 2.29. The van der Waals surface area contributed by atoms with Crippen LogP contribution in [0.2, 0.25) is 0 Å². The standard InChI is InChI=1S/C20H21NO7/c1-4-27-20(22)13-28-17-10-15(9-16(12-17)25-2)6-5-14-7-8-19(26-3)18(11-14)21(23)24/h5-12H,4,13H2,1-3H3. The summed E-state index contributed by atoms with van der Waals surface area (Å²) in [6, 6.07) is 9.81. The predicted octanol–water partition coefficient (Wildman–Crippen LogP) is 3.72. The molecule has 0 unspecified atom stereocenters. The molecule has 2 rings (SSSR count). The van der Waals surface area contributed by atoms with Gasteiger partial charge in [0.05, 0.1) is 25.7 Å². The van der Waals surface area contributed by atoms with Crippen molar-refractivity contribution in [2.45, 2.75) is 6.92 Å². The second-order valence-corrected chi connectivity index (χ2v) is 5.56.